The van der Waals surface area contributed by atoms with Crippen molar-refractivity contribution in [1.29, 1.82) is 0 Å². The zero-order chi connectivity index (χ0) is 11.1. The van der Waals surface area contributed by atoms with E-state index in [4.69, 9.17) is 0 Å². The van der Waals surface area contributed by atoms with Crippen LogP contribution in [0.1, 0.15) is 42.6 Å². The molecule has 0 radical (unpaired) electrons. The predicted molar refractivity (Wildman–Crippen MR) is 60.8 cm³/mol. The first kappa shape index (κ1) is 11.7. The van der Waals surface area contributed by atoms with Crippen LogP contribution in [-0.2, 0) is 7.05 Å². The average Bonchev–Trinajstić information content (AvgIpc) is 2.64. The summed E-state index contributed by atoms with van der Waals surface area (Å²) in [6.45, 7) is 3.66. The summed E-state index contributed by atoms with van der Waals surface area (Å²) in [5, 5.41) is 4.08. The largest absolute Gasteiger partial charge is 0.292 e. The Morgan fingerprint density at radius 2 is 2.33 bits per heavy atom. The molecule has 3 nitrogen and oxygen atoms in total. The maximum absolute atomic E-state index is 11.6. The van der Waals surface area contributed by atoms with Crippen molar-refractivity contribution < 1.29 is 4.79 Å². The van der Waals surface area contributed by atoms with Crippen molar-refractivity contribution in [2.24, 2.45) is 7.05 Å². The van der Waals surface area contributed by atoms with E-state index in [2.05, 4.69) is 11.7 Å². The molecule has 1 rings (SSSR count). The first-order valence-electron chi connectivity index (χ1n) is 5.38. The number of rotatable bonds is 7. The zero-order valence-corrected chi connectivity index (χ0v) is 9.28. The van der Waals surface area contributed by atoms with E-state index in [9.17, 15) is 4.79 Å². The molecule has 1 aromatic heterocycles. The van der Waals surface area contributed by atoms with Gasteiger partial charge in [-0.3, -0.25) is 9.48 Å². The van der Waals surface area contributed by atoms with Gasteiger partial charge in [-0.1, -0.05) is 12.5 Å². The molecule has 1 heterocycles. The fraction of sp³-hybridized carbons (Fsp3) is 0.500. The lowest BCUT2D eigenvalue weighted by atomic mass is 10.1. The molecule has 82 valence electrons. The van der Waals surface area contributed by atoms with Gasteiger partial charge in [0, 0.05) is 19.7 Å². The highest BCUT2D eigenvalue weighted by Crippen LogP contribution is 2.07. The Morgan fingerprint density at radius 1 is 1.53 bits per heavy atom. The number of carbonyl (C=O) groups is 1. The summed E-state index contributed by atoms with van der Waals surface area (Å²) in [6, 6.07) is 1.77. The molecule has 0 aliphatic carbocycles. The van der Waals surface area contributed by atoms with Gasteiger partial charge < -0.3 is 0 Å². The summed E-state index contributed by atoms with van der Waals surface area (Å²) >= 11 is 0. The van der Waals surface area contributed by atoms with Crippen LogP contribution >= 0.6 is 0 Å². The van der Waals surface area contributed by atoms with Crippen LogP contribution in [0.4, 0.5) is 0 Å². The highest BCUT2D eigenvalue weighted by Gasteiger charge is 2.07. The Balaban J connectivity index is 2.22. The number of aromatic nitrogens is 2. The minimum absolute atomic E-state index is 0.147. The molecule has 0 amide bonds. The normalized spacial score (nSPS) is 10.2. The zero-order valence-electron chi connectivity index (χ0n) is 9.28. The standard InChI is InChI=1S/C12H18N2O/c1-3-4-5-6-7-8-12(15)11-9-10-14(2)13-11/h3,9-10H,1,4-8H2,2H3. The molecular formula is C12H18N2O. The number of unbranched alkanes of at least 4 members (excludes halogenated alkanes) is 3. The number of nitrogens with zero attached hydrogens (tertiary/aromatic N) is 2. The molecule has 0 aliphatic heterocycles. The monoisotopic (exact) mass is 206 g/mol. The Morgan fingerprint density at radius 3 is 2.93 bits per heavy atom. The lowest BCUT2D eigenvalue weighted by Crippen LogP contribution is -2.01. The van der Waals surface area contributed by atoms with E-state index in [1.807, 2.05) is 13.1 Å². The molecule has 0 bridgehead atoms. The van der Waals surface area contributed by atoms with Crippen LogP contribution in [0, 0.1) is 0 Å². The first-order chi connectivity index (χ1) is 7.24. The number of ketones is 1. The van der Waals surface area contributed by atoms with Crippen molar-refractivity contribution in [1.82, 2.24) is 9.78 Å². The van der Waals surface area contributed by atoms with E-state index in [1.54, 1.807) is 16.9 Å². The molecule has 3 heteroatoms. The molecule has 1 aromatic rings. The van der Waals surface area contributed by atoms with E-state index >= 15 is 0 Å². The molecule has 0 fully saturated rings. The van der Waals surface area contributed by atoms with Gasteiger partial charge in [0.2, 0.25) is 0 Å². The van der Waals surface area contributed by atoms with Gasteiger partial charge in [0.25, 0.3) is 0 Å². The second-order valence-corrected chi connectivity index (χ2v) is 3.69. The quantitative estimate of drug-likeness (QED) is 0.390. The summed E-state index contributed by atoms with van der Waals surface area (Å²) in [5.41, 5.74) is 0.584. The number of carbonyl (C=O) groups excluding carboxylic acids is 1. The van der Waals surface area contributed by atoms with E-state index in [0.717, 1.165) is 25.7 Å². The van der Waals surface area contributed by atoms with Crippen molar-refractivity contribution in [3.63, 3.8) is 0 Å². The van der Waals surface area contributed by atoms with Gasteiger partial charge >= 0.3 is 0 Å². The Kier molecular flexibility index (Phi) is 4.81. The lowest BCUT2D eigenvalue weighted by molar-refractivity contribution is 0.0973. The van der Waals surface area contributed by atoms with Gasteiger partial charge in [0.15, 0.2) is 5.78 Å². The molecule has 0 spiro atoms. The number of aryl methyl sites for hydroxylation is 1. The summed E-state index contributed by atoms with van der Waals surface area (Å²) in [5.74, 6) is 0.147. The van der Waals surface area contributed by atoms with Crippen molar-refractivity contribution in [3.8, 4) is 0 Å². The molecule has 0 atom stereocenters. The second kappa shape index (κ2) is 6.17. The third-order valence-corrected chi connectivity index (χ3v) is 2.31. The van der Waals surface area contributed by atoms with E-state index < -0.39 is 0 Å². The van der Waals surface area contributed by atoms with E-state index in [0.29, 0.717) is 12.1 Å². The molecule has 0 N–H and O–H groups in total. The SMILES string of the molecule is C=CCCCCCC(=O)c1ccn(C)n1. The van der Waals surface area contributed by atoms with Crippen LogP contribution in [0.15, 0.2) is 24.9 Å². The van der Waals surface area contributed by atoms with Crippen LogP contribution in [-0.4, -0.2) is 15.6 Å². The third-order valence-electron chi connectivity index (χ3n) is 2.31. The molecule has 15 heavy (non-hydrogen) atoms. The summed E-state index contributed by atoms with van der Waals surface area (Å²) in [4.78, 5) is 11.6. The van der Waals surface area contributed by atoms with Gasteiger partial charge in [-0.2, -0.15) is 5.10 Å². The van der Waals surface area contributed by atoms with E-state index in [1.165, 1.54) is 0 Å². The molecule has 0 saturated heterocycles. The highest BCUT2D eigenvalue weighted by molar-refractivity contribution is 5.94. The number of hydrogen-bond donors (Lipinski definition) is 0. The Labute approximate surface area is 90.8 Å². The van der Waals surface area contributed by atoms with Gasteiger partial charge in [0.1, 0.15) is 5.69 Å². The predicted octanol–water partition coefficient (Wildman–Crippen LogP) is 2.74. The fourth-order valence-corrected chi connectivity index (χ4v) is 1.44. The second-order valence-electron chi connectivity index (χ2n) is 3.69. The average molecular weight is 206 g/mol. The van der Waals surface area contributed by atoms with Gasteiger partial charge in [-0.25, -0.2) is 0 Å². The Bertz CT molecular complexity index is 328. The Hall–Kier alpha value is -1.38. The van der Waals surface area contributed by atoms with Crippen LogP contribution in [0.3, 0.4) is 0 Å². The summed E-state index contributed by atoms with van der Waals surface area (Å²) in [7, 11) is 1.82. The van der Waals surface area contributed by atoms with Crippen LogP contribution in [0.2, 0.25) is 0 Å². The fourth-order valence-electron chi connectivity index (χ4n) is 1.44. The minimum atomic E-state index is 0.147. The van der Waals surface area contributed by atoms with Gasteiger partial charge in [-0.05, 0) is 25.3 Å². The molecule has 0 unspecified atom stereocenters. The number of Topliss-reactive ketones (excluding diaryl/α,β-unsaturated/α-hetero) is 1. The minimum Gasteiger partial charge on any atom is -0.292 e. The maximum atomic E-state index is 11.6. The maximum Gasteiger partial charge on any atom is 0.183 e. The first-order valence-corrected chi connectivity index (χ1v) is 5.38. The number of allylic oxidation sites excluding steroid dienone is 1. The van der Waals surface area contributed by atoms with Crippen molar-refractivity contribution in [3.05, 3.63) is 30.6 Å². The van der Waals surface area contributed by atoms with E-state index in [-0.39, 0.29) is 5.78 Å². The van der Waals surface area contributed by atoms with Gasteiger partial charge in [-0.15, -0.1) is 6.58 Å². The molecule has 0 saturated carbocycles. The topological polar surface area (TPSA) is 34.9 Å². The van der Waals surface area contributed by atoms with Gasteiger partial charge in [0.05, 0.1) is 0 Å². The lowest BCUT2D eigenvalue weighted by Gasteiger charge is -1.97. The van der Waals surface area contributed by atoms with Crippen LogP contribution in [0.25, 0.3) is 0 Å². The van der Waals surface area contributed by atoms with Crippen molar-refractivity contribution in [2.75, 3.05) is 0 Å². The van der Waals surface area contributed by atoms with Crippen LogP contribution < -0.4 is 0 Å². The smallest absolute Gasteiger partial charge is 0.183 e. The number of hydrogen-bond acceptors (Lipinski definition) is 2. The van der Waals surface area contributed by atoms with Crippen molar-refractivity contribution >= 4 is 5.78 Å². The molecule has 0 aliphatic rings. The van der Waals surface area contributed by atoms with Crippen LogP contribution in [0.5, 0.6) is 0 Å². The molecule has 0 aromatic carbocycles. The summed E-state index contributed by atoms with van der Waals surface area (Å²) < 4.78 is 1.66. The third kappa shape index (κ3) is 4.11. The molecular weight excluding hydrogens is 188 g/mol. The van der Waals surface area contributed by atoms with Crippen molar-refractivity contribution in [2.45, 2.75) is 32.1 Å². The summed E-state index contributed by atoms with van der Waals surface area (Å²) in [6.07, 6.45) is 8.52. The highest BCUT2D eigenvalue weighted by atomic mass is 16.1.